The molecular formula is C12H22O. The third-order valence-electron chi connectivity index (χ3n) is 3.89. The maximum absolute atomic E-state index is 11.6. The number of carbonyl (C=O) groups is 1. The minimum atomic E-state index is 0.357. The van der Waals surface area contributed by atoms with Gasteiger partial charge in [0.25, 0.3) is 0 Å². The van der Waals surface area contributed by atoms with Gasteiger partial charge in [-0.05, 0) is 17.8 Å². The summed E-state index contributed by atoms with van der Waals surface area (Å²) in [6, 6.07) is 0. The van der Waals surface area contributed by atoms with Crippen LogP contribution in [-0.4, -0.2) is 5.78 Å². The van der Waals surface area contributed by atoms with Gasteiger partial charge in [-0.25, -0.2) is 0 Å². The van der Waals surface area contributed by atoms with Crippen molar-refractivity contribution in [3.63, 3.8) is 0 Å². The zero-order valence-electron chi connectivity index (χ0n) is 9.23. The van der Waals surface area contributed by atoms with Crippen LogP contribution in [-0.2, 0) is 4.79 Å². The summed E-state index contributed by atoms with van der Waals surface area (Å²) in [7, 11) is 0. The second kappa shape index (κ2) is 4.26. The third-order valence-corrected chi connectivity index (χ3v) is 3.89. The van der Waals surface area contributed by atoms with Crippen molar-refractivity contribution in [3.8, 4) is 0 Å². The lowest BCUT2D eigenvalue weighted by atomic mass is 9.65. The molecule has 0 bridgehead atoms. The van der Waals surface area contributed by atoms with E-state index < -0.39 is 0 Å². The van der Waals surface area contributed by atoms with E-state index in [4.69, 9.17) is 0 Å². The molecule has 1 rings (SSSR count). The predicted molar refractivity (Wildman–Crippen MR) is 55.7 cm³/mol. The SMILES string of the molecule is CCC1CC(=O)CC(CC)(CC)C1. The third kappa shape index (κ3) is 2.32. The minimum Gasteiger partial charge on any atom is -0.300 e. The Hall–Kier alpha value is -0.330. The second-order valence-corrected chi connectivity index (χ2v) is 4.61. The normalized spacial score (nSPS) is 27.6. The van der Waals surface area contributed by atoms with Crippen molar-refractivity contribution in [1.29, 1.82) is 0 Å². The van der Waals surface area contributed by atoms with Crippen molar-refractivity contribution >= 4 is 5.78 Å². The smallest absolute Gasteiger partial charge is 0.133 e. The minimum absolute atomic E-state index is 0.357. The first-order valence-corrected chi connectivity index (χ1v) is 5.67. The molecule has 1 aliphatic carbocycles. The topological polar surface area (TPSA) is 17.1 Å². The first kappa shape index (κ1) is 10.7. The van der Waals surface area contributed by atoms with Crippen molar-refractivity contribution in [2.45, 2.75) is 59.3 Å². The van der Waals surface area contributed by atoms with E-state index in [1.54, 1.807) is 0 Å². The summed E-state index contributed by atoms with van der Waals surface area (Å²) in [5.74, 6) is 1.17. The van der Waals surface area contributed by atoms with E-state index >= 15 is 0 Å². The van der Waals surface area contributed by atoms with Crippen LogP contribution in [0.3, 0.4) is 0 Å². The number of hydrogen-bond acceptors (Lipinski definition) is 1. The molecule has 76 valence electrons. The van der Waals surface area contributed by atoms with Gasteiger partial charge >= 0.3 is 0 Å². The van der Waals surface area contributed by atoms with Crippen molar-refractivity contribution in [1.82, 2.24) is 0 Å². The number of Topliss-reactive ketones (excluding diaryl/α,β-unsaturated/α-hetero) is 1. The summed E-state index contributed by atoms with van der Waals surface area (Å²) in [4.78, 5) is 11.6. The van der Waals surface area contributed by atoms with E-state index in [1.165, 1.54) is 25.7 Å². The van der Waals surface area contributed by atoms with Gasteiger partial charge in [-0.3, -0.25) is 4.79 Å². The largest absolute Gasteiger partial charge is 0.300 e. The molecule has 0 amide bonds. The molecule has 0 aromatic rings. The van der Waals surface area contributed by atoms with Crippen LogP contribution >= 0.6 is 0 Å². The van der Waals surface area contributed by atoms with Gasteiger partial charge in [-0.1, -0.05) is 40.0 Å². The molecule has 0 aromatic carbocycles. The molecule has 0 spiro atoms. The predicted octanol–water partition coefficient (Wildman–Crippen LogP) is 3.57. The summed E-state index contributed by atoms with van der Waals surface area (Å²) in [6.07, 6.45) is 6.49. The van der Waals surface area contributed by atoms with Gasteiger partial charge in [0.2, 0.25) is 0 Å². The lowest BCUT2D eigenvalue weighted by Crippen LogP contribution is -2.32. The molecule has 0 N–H and O–H groups in total. The maximum atomic E-state index is 11.6. The molecule has 1 heteroatoms. The summed E-state index contributed by atoms with van der Waals surface area (Å²) in [5.41, 5.74) is 0.357. The van der Waals surface area contributed by atoms with Gasteiger partial charge in [-0.2, -0.15) is 0 Å². The van der Waals surface area contributed by atoms with Crippen molar-refractivity contribution in [3.05, 3.63) is 0 Å². The van der Waals surface area contributed by atoms with Crippen LogP contribution < -0.4 is 0 Å². The van der Waals surface area contributed by atoms with Crippen LogP contribution in [0.1, 0.15) is 59.3 Å². The molecule has 1 fully saturated rings. The van der Waals surface area contributed by atoms with Crippen LogP contribution in [0.25, 0.3) is 0 Å². The van der Waals surface area contributed by atoms with Gasteiger partial charge in [0.1, 0.15) is 5.78 Å². The van der Waals surface area contributed by atoms with E-state index in [0.717, 1.165) is 12.8 Å². The highest BCUT2D eigenvalue weighted by Gasteiger charge is 2.36. The molecule has 0 heterocycles. The quantitative estimate of drug-likeness (QED) is 0.652. The highest BCUT2D eigenvalue weighted by atomic mass is 16.1. The van der Waals surface area contributed by atoms with Crippen LogP contribution in [0, 0.1) is 11.3 Å². The second-order valence-electron chi connectivity index (χ2n) is 4.61. The maximum Gasteiger partial charge on any atom is 0.133 e. The Labute approximate surface area is 81.9 Å². The summed E-state index contributed by atoms with van der Waals surface area (Å²) in [5, 5.41) is 0. The van der Waals surface area contributed by atoms with Gasteiger partial charge < -0.3 is 0 Å². The molecule has 0 aromatic heterocycles. The first-order chi connectivity index (χ1) is 6.15. The van der Waals surface area contributed by atoms with Gasteiger partial charge in [0, 0.05) is 12.8 Å². The van der Waals surface area contributed by atoms with Crippen LogP contribution in [0.15, 0.2) is 0 Å². The highest BCUT2D eigenvalue weighted by Crippen LogP contribution is 2.43. The molecule has 0 saturated heterocycles. The first-order valence-electron chi connectivity index (χ1n) is 5.67. The van der Waals surface area contributed by atoms with Crippen molar-refractivity contribution < 1.29 is 4.79 Å². The fourth-order valence-electron chi connectivity index (χ4n) is 2.65. The molecule has 1 unspecified atom stereocenters. The summed E-state index contributed by atoms with van der Waals surface area (Å²) >= 11 is 0. The number of hydrogen-bond donors (Lipinski definition) is 0. The lowest BCUT2D eigenvalue weighted by Gasteiger charge is -2.38. The standard InChI is InChI=1S/C12H22O/c1-4-10-7-11(13)9-12(5-2,6-3)8-10/h10H,4-9H2,1-3H3. The van der Waals surface area contributed by atoms with E-state index in [0.29, 0.717) is 17.1 Å². The lowest BCUT2D eigenvalue weighted by molar-refractivity contribution is -0.126. The van der Waals surface area contributed by atoms with Crippen LogP contribution in [0.5, 0.6) is 0 Å². The molecule has 1 aliphatic rings. The molecule has 1 atom stereocenters. The number of carbonyl (C=O) groups excluding carboxylic acids is 1. The van der Waals surface area contributed by atoms with Crippen LogP contribution in [0.2, 0.25) is 0 Å². The zero-order valence-corrected chi connectivity index (χ0v) is 9.23. The van der Waals surface area contributed by atoms with Gasteiger partial charge in [0.15, 0.2) is 0 Å². The fraction of sp³-hybridized carbons (Fsp3) is 0.917. The Morgan fingerprint density at radius 3 is 2.38 bits per heavy atom. The number of rotatable bonds is 3. The molecule has 13 heavy (non-hydrogen) atoms. The molecular weight excluding hydrogens is 160 g/mol. The average molecular weight is 182 g/mol. The Bertz CT molecular complexity index is 180. The van der Waals surface area contributed by atoms with Crippen molar-refractivity contribution in [2.24, 2.45) is 11.3 Å². The molecule has 0 radical (unpaired) electrons. The van der Waals surface area contributed by atoms with Crippen molar-refractivity contribution in [2.75, 3.05) is 0 Å². The van der Waals surface area contributed by atoms with E-state index in [9.17, 15) is 4.79 Å². The monoisotopic (exact) mass is 182 g/mol. The van der Waals surface area contributed by atoms with Crippen LogP contribution in [0.4, 0.5) is 0 Å². The Morgan fingerprint density at radius 2 is 1.92 bits per heavy atom. The summed E-state index contributed by atoms with van der Waals surface area (Å²) < 4.78 is 0. The highest BCUT2D eigenvalue weighted by molar-refractivity contribution is 5.80. The molecule has 1 saturated carbocycles. The molecule has 0 aliphatic heterocycles. The Morgan fingerprint density at radius 1 is 1.31 bits per heavy atom. The average Bonchev–Trinajstić information content (AvgIpc) is 2.16. The Balaban J connectivity index is 2.69. The molecule has 1 nitrogen and oxygen atoms in total. The van der Waals surface area contributed by atoms with Gasteiger partial charge in [0.05, 0.1) is 0 Å². The van der Waals surface area contributed by atoms with E-state index in [2.05, 4.69) is 20.8 Å². The van der Waals surface area contributed by atoms with E-state index in [-0.39, 0.29) is 0 Å². The fourth-order valence-corrected chi connectivity index (χ4v) is 2.65. The Kier molecular flexibility index (Phi) is 3.52. The van der Waals surface area contributed by atoms with E-state index in [1.807, 2.05) is 0 Å². The number of ketones is 1. The zero-order chi connectivity index (χ0) is 9.90. The summed E-state index contributed by atoms with van der Waals surface area (Å²) in [6.45, 7) is 6.67. The van der Waals surface area contributed by atoms with Gasteiger partial charge in [-0.15, -0.1) is 0 Å².